The van der Waals surface area contributed by atoms with E-state index in [0.717, 1.165) is 26.3 Å². The van der Waals surface area contributed by atoms with Crippen LogP contribution in [0, 0.1) is 5.41 Å². The Labute approximate surface area is 90.8 Å². The average molecular weight is 212 g/mol. The van der Waals surface area contributed by atoms with Crippen LogP contribution in [-0.2, 0) is 11.3 Å². The zero-order valence-electron chi connectivity index (χ0n) is 9.73. The van der Waals surface area contributed by atoms with Gasteiger partial charge in [0.15, 0.2) is 0 Å². The first-order valence-electron chi connectivity index (χ1n) is 5.39. The fourth-order valence-corrected chi connectivity index (χ4v) is 1.67. The fraction of sp³-hybridized carbons (Fsp3) is 0.800. The molecule has 1 N–H and O–H groups in total. The van der Waals surface area contributed by atoms with Crippen molar-refractivity contribution in [3.8, 4) is 0 Å². The second kappa shape index (κ2) is 5.82. The van der Waals surface area contributed by atoms with Gasteiger partial charge < -0.3 is 10.1 Å². The predicted molar refractivity (Wildman–Crippen MR) is 58.5 cm³/mol. The van der Waals surface area contributed by atoms with Crippen molar-refractivity contribution in [2.24, 2.45) is 5.41 Å². The molecule has 2 heterocycles. The number of ether oxygens (including phenoxy) is 1. The normalized spacial score (nSPS) is 17.5. The van der Waals surface area contributed by atoms with Crippen molar-refractivity contribution in [1.29, 1.82) is 0 Å². The molecular formula is C10H20N4O. The Morgan fingerprint density at radius 2 is 2.20 bits per heavy atom. The standard InChI is InChI=1S/C8H14N4O.C2H6/c1-9-2-8(4-13-5-8)3-12-7-10-6-11-12;1-2/h6-7,9H,2-5H2,1H3;1-2H3. The van der Waals surface area contributed by atoms with E-state index in [4.69, 9.17) is 4.74 Å². The first-order valence-corrected chi connectivity index (χ1v) is 5.39. The van der Waals surface area contributed by atoms with Gasteiger partial charge in [0.05, 0.1) is 19.8 Å². The maximum atomic E-state index is 5.24. The number of hydrogen-bond donors (Lipinski definition) is 1. The zero-order chi connectivity index (χ0) is 11.1. The molecule has 0 amide bonds. The Hall–Kier alpha value is -0.940. The molecule has 0 atom stereocenters. The Balaban J connectivity index is 0.000000531. The molecule has 86 valence electrons. The molecule has 1 aromatic rings. The molecule has 1 fully saturated rings. The number of nitrogens with one attached hydrogen (secondary N) is 1. The minimum absolute atomic E-state index is 0.225. The summed E-state index contributed by atoms with van der Waals surface area (Å²) in [6, 6.07) is 0. The summed E-state index contributed by atoms with van der Waals surface area (Å²) in [4.78, 5) is 3.92. The first kappa shape index (κ1) is 12.1. The number of nitrogens with zero attached hydrogens (tertiary/aromatic N) is 3. The molecule has 0 unspecified atom stereocenters. The van der Waals surface area contributed by atoms with E-state index in [2.05, 4.69) is 15.4 Å². The Bertz CT molecular complexity index is 256. The highest BCUT2D eigenvalue weighted by Crippen LogP contribution is 2.28. The second-order valence-corrected chi connectivity index (χ2v) is 3.62. The van der Waals surface area contributed by atoms with E-state index in [1.165, 1.54) is 0 Å². The third kappa shape index (κ3) is 3.00. The van der Waals surface area contributed by atoms with Gasteiger partial charge in [-0.2, -0.15) is 5.10 Å². The topological polar surface area (TPSA) is 52.0 Å². The molecule has 5 nitrogen and oxygen atoms in total. The summed E-state index contributed by atoms with van der Waals surface area (Å²) in [7, 11) is 1.96. The first-order chi connectivity index (χ1) is 7.35. The van der Waals surface area contributed by atoms with Crippen LogP contribution in [0.1, 0.15) is 13.8 Å². The van der Waals surface area contributed by atoms with E-state index in [9.17, 15) is 0 Å². The molecule has 5 heteroatoms. The summed E-state index contributed by atoms with van der Waals surface area (Å²) < 4.78 is 7.10. The van der Waals surface area contributed by atoms with Crippen LogP contribution in [0.25, 0.3) is 0 Å². The Morgan fingerprint density at radius 1 is 1.47 bits per heavy atom. The summed E-state index contributed by atoms with van der Waals surface area (Å²) in [5.74, 6) is 0. The van der Waals surface area contributed by atoms with E-state index in [-0.39, 0.29) is 5.41 Å². The van der Waals surface area contributed by atoms with E-state index >= 15 is 0 Å². The van der Waals surface area contributed by atoms with Gasteiger partial charge in [-0.3, -0.25) is 4.68 Å². The molecule has 0 aromatic carbocycles. The van der Waals surface area contributed by atoms with Gasteiger partial charge in [0, 0.05) is 12.0 Å². The summed E-state index contributed by atoms with van der Waals surface area (Å²) in [6.07, 6.45) is 3.31. The monoisotopic (exact) mass is 212 g/mol. The maximum Gasteiger partial charge on any atom is 0.137 e. The Morgan fingerprint density at radius 3 is 2.60 bits per heavy atom. The molecule has 1 aliphatic heterocycles. The average Bonchev–Trinajstić information content (AvgIpc) is 2.70. The summed E-state index contributed by atoms with van der Waals surface area (Å²) in [5, 5.41) is 7.27. The molecule has 0 radical (unpaired) electrons. The summed E-state index contributed by atoms with van der Waals surface area (Å²) in [6.45, 7) is 7.47. The SMILES string of the molecule is CC.CNCC1(Cn2cncn2)COC1. The zero-order valence-corrected chi connectivity index (χ0v) is 9.73. The van der Waals surface area contributed by atoms with Crippen molar-refractivity contribution < 1.29 is 4.74 Å². The third-order valence-corrected chi connectivity index (χ3v) is 2.33. The van der Waals surface area contributed by atoms with Gasteiger partial charge in [0.2, 0.25) is 0 Å². The van der Waals surface area contributed by atoms with Crippen LogP contribution in [0.3, 0.4) is 0 Å². The van der Waals surface area contributed by atoms with Crippen molar-refractivity contribution in [3.63, 3.8) is 0 Å². The van der Waals surface area contributed by atoms with Gasteiger partial charge in [0.25, 0.3) is 0 Å². The Kier molecular flexibility index (Phi) is 4.71. The molecular weight excluding hydrogens is 192 g/mol. The number of aromatic nitrogens is 3. The second-order valence-electron chi connectivity index (χ2n) is 3.62. The van der Waals surface area contributed by atoms with E-state index in [1.807, 2.05) is 25.6 Å². The minimum Gasteiger partial charge on any atom is -0.380 e. The quantitative estimate of drug-likeness (QED) is 0.791. The van der Waals surface area contributed by atoms with Gasteiger partial charge in [-0.05, 0) is 7.05 Å². The van der Waals surface area contributed by atoms with E-state index < -0.39 is 0 Å². The van der Waals surface area contributed by atoms with Crippen LogP contribution in [0.5, 0.6) is 0 Å². The largest absolute Gasteiger partial charge is 0.380 e. The molecule has 1 aliphatic rings. The molecule has 0 spiro atoms. The fourth-order valence-electron chi connectivity index (χ4n) is 1.67. The van der Waals surface area contributed by atoms with Crippen LogP contribution in [0.15, 0.2) is 12.7 Å². The lowest BCUT2D eigenvalue weighted by atomic mass is 9.86. The molecule has 0 saturated carbocycles. The van der Waals surface area contributed by atoms with Crippen molar-refractivity contribution >= 4 is 0 Å². The van der Waals surface area contributed by atoms with Crippen LogP contribution >= 0.6 is 0 Å². The van der Waals surface area contributed by atoms with E-state index in [0.29, 0.717) is 0 Å². The van der Waals surface area contributed by atoms with E-state index in [1.54, 1.807) is 12.7 Å². The minimum atomic E-state index is 0.225. The summed E-state index contributed by atoms with van der Waals surface area (Å²) in [5.41, 5.74) is 0.225. The van der Waals surface area contributed by atoms with Crippen molar-refractivity contribution in [1.82, 2.24) is 20.1 Å². The van der Waals surface area contributed by atoms with Crippen molar-refractivity contribution in [2.75, 3.05) is 26.8 Å². The van der Waals surface area contributed by atoms with Gasteiger partial charge in [-0.25, -0.2) is 4.98 Å². The molecule has 0 aliphatic carbocycles. The van der Waals surface area contributed by atoms with Gasteiger partial charge in [-0.1, -0.05) is 13.8 Å². The summed E-state index contributed by atoms with van der Waals surface area (Å²) >= 11 is 0. The van der Waals surface area contributed by atoms with Gasteiger partial charge >= 0.3 is 0 Å². The number of rotatable bonds is 4. The maximum absolute atomic E-state index is 5.24. The molecule has 0 bridgehead atoms. The van der Waals surface area contributed by atoms with Crippen molar-refractivity contribution in [3.05, 3.63) is 12.7 Å². The molecule has 15 heavy (non-hydrogen) atoms. The smallest absolute Gasteiger partial charge is 0.137 e. The van der Waals surface area contributed by atoms with Gasteiger partial charge in [0.1, 0.15) is 12.7 Å². The molecule has 2 rings (SSSR count). The third-order valence-electron chi connectivity index (χ3n) is 2.33. The van der Waals surface area contributed by atoms with Crippen molar-refractivity contribution in [2.45, 2.75) is 20.4 Å². The highest BCUT2D eigenvalue weighted by atomic mass is 16.5. The lowest BCUT2D eigenvalue weighted by Crippen LogP contribution is -2.51. The number of hydrogen-bond acceptors (Lipinski definition) is 4. The lowest BCUT2D eigenvalue weighted by Gasteiger charge is -2.41. The molecule has 1 aromatic heterocycles. The highest BCUT2D eigenvalue weighted by Gasteiger charge is 2.38. The van der Waals surface area contributed by atoms with Crippen LogP contribution in [0.2, 0.25) is 0 Å². The molecule has 1 saturated heterocycles. The van der Waals surface area contributed by atoms with Gasteiger partial charge in [-0.15, -0.1) is 0 Å². The van der Waals surface area contributed by atoms with Crippen LogP contribution < -0.4 is 5.32 Å². The van der Waals surface area contributed by atoms with Crippen LogP contribution in [0.4, 0.5) is 0 Å². The highest BCUT2D eigenvalue weighted by molar-refractivity contribution is 4.87. The predicted octanol–water partition coefficient (Wildman–Crippen LogP) is 0.540. The lowest BCUT2D eigenvalue weighted by molar-refractivity contribution is -0.120. The van der Waals surface area contributed by atoms with Crippen LogP contribution in [-0.4, -0.2) is 41.6 Å².